The van der Waals surface area contributed by atoms with E-state index in [4.69, 9.17) is 9.84 Å². The maximum Gasteiger partial charge on any atom is 0.261 e. The second kappa shape index (κ2) is 7.92. The molecule has 4 rings (SSSR count). The van der Waals surface area contributed by atoms with Gasteiger partial charge >= 0.3 is 0 Å². The molecule has 1 aromatic heterocycles. The molecule has 0 saturated carbocycles. The van der Waals surface area contributed by atoms with Crippen molar-refractivity contribution in [2.24, 2.45) is 0 Å². The number of fused-ring (bicyclic) bond motifs is 1. The monoisotopic (exact) mass is 397 g/mol. The van der Waals surface area contributed by atoms with Crippen molar-refractivity contribution in [1.29, 1.82) is 0 Å². The first-order valence-corrected chi connectivity index (χ1v) is 8.98. The van der Waals surface area contributed by atoms with Crippen molar-refractivity contribution in [3.63, 3.8) is 0 Å². The van der Waals surface area contributed by atoms with Crippen LogP contribution in [0.15, 0.2) is 48.7 Å². The summed E-state index contributed by atoms with van der Waals surface area (Å²) < 4.78 is 32.7. The van der Waals surface area contributed by atoms with Gasteiger partial charge in [-0.05, 0) is 11.6 Å². The van der Waals surface area contributed by atoms with Gasteiger partial charge in [-0.25, -0.2) is 13.8 Å². The predicted octanol–water partition coefficient (Wildman–Crippen LogP) is 2.95. The molecule has 2 heterocycles. The Bertz CT molecular complexity index is 1060. The minimum absolute atomic E-state index is 0.0158. The van der Waals surface area contributed by atoms with Gasteiger partial charge in [0.05, 0.1) is 13.2 Å². The quantitative estimate of drug-likeness (QED) is 0.733. The number of carbonyl (C=O) groups is 1. The summed E-state index contributed by atoms with van der Waals surface area (Å²) in [5, 5.41) is 9.14. The Balaban J connectivity index is 1.60. The summed E-state index contributed by atoms with van der Waals surface area (Å²) in [5.74, 6) is -1.22. The molecule has 0 aliphatic carbocycles. The highest BCUT2D eigenvalue weighted by Gasteiger charge is 2.26. The molecule has 148 valence electrons. The molecule has 1 amide bonds. The lowest BCUT2D eigenvalue weighted by Gasteiger charge is -2.20. The van der Waals surface area contributed by atoms with E-state index < -0.39 is 11.6 Å². The molecule has 1 N–H and O–H groups in total. The molecule has 8 heteroatoms. The van der Waals surface area contributed by atoms with Gasteiger partial charge in [0.15, 0.2) is 5.82 Å². The van der Waals surface area contributed by atoms with Gasteiger partial charge in [0.25, 0.3) is 5.91 Å². The Hall–Kier alpha value is -3.39. The van der Waals surface area contributed by atoms with Crippen molar-refractivity contribution in [3.8, 4) is 17.3 Å². The van der Waals surface area contributed by atoms with E-state index in [2.05, 4.69) is 9.97 Å². The second-order valence-electron chi connectivity index (χ2n) is 6.58. The maximum atomic E-state index is 14.0. The first kappa shape index (κ1) is 18.9. The van der Waals surface area contributed by atoms with E-state index in [1.165, 1.54) is 17.2 Å². The molecule has 0 bridgehead atoms. The van der Waals surface area contributed by atoms with Crippen LogP contribution in [0.2, 0.25) is 0 Å². The third-order valence-corrected chi connectivity index (χ3v) is 4.64. The van der Waals surface area contributed by atoms with Crippen molar-refractivity contribution in [1.82, 2.24) is 14.9 Å². The van der Waals surface area contributed by atoms with E-state index in [1.807, 2.05) is 0 Å². The summed E-state index contributed by atoms with van der Waals surface area (Å²) >= 11 is 0. The second-order valence-corrected chi connectivity index (χ2v) is 6.58. The summed E-state index contributed by atoms with van der Waals surface area (Å²) in [4.78, 5) is 22.9. The third kappa shape index (κ3) is 3.93. The van der Waals surface area contributed by atoms with Crippen molar-refractivity contribution in [2.45, 2.75) is 13.2 Å². The lowest BCUT2D eigenvalue weighted by atomic mass is 10.1. The molecular formula is C21H17F2N3O3. The third-order valence-electron chi connectivity index (χ3n) is 4.64. The number of amides is 1. The van der Waals surface area contributed by atoms with Gasteiger partial charge in [-0.2, -0.15) is 4.98 Å². The molecule has 0 unspecified atom stereocenters. The lowest BCUT2D eigenvalue weighted by Crippen LogP contribution is -2.32. The van der Waals surface area contributed by atoms with Gasteiger partial charge in [-0.15, -0.1) is 0 Å². The van der Waals surface area contributed by atoms with Crippen LogP contribution in [0.4, 0.5) is 8.78 Å². The van der Waals surface area contributed by atoms with Gasteiger partial charge in [-0.1, -0.05) is 30.3 Å². The van der Waals surface area contributed by atoms with Crippen molar-refractivity contribution in [3.05, 3.63) is 77.0 Å². The smallest absolute Gasteiger partial charge is 0.261 e. The number of hydrogen-bond donors (Lipinski definition) is 1. The van der Waals surface area contributed by atoms with Crippen LogP contribution in [-0.4, -0.2) is 39.0 Å². The Kier molecular flexibility index (Phi) is 5.18. The van der Waals surface area contributed by atoms with Gasteiger partial charge in [0.2, 0.25) is 5.88 Å². The number of halogens is 2. The number of hydrogen-bond acceptors (Lipinski definition) is 5. The number of aliphatic hydroxyl groups is 1. The van der Waals surface area contributed by atoms with E-state index in [9.17, 15) is 13.6 Å². The Morgan fingerprint density at radius 3 is 2.66 bits per heavy atom. The van der Waals surface area contributed by atoms with E-state index in [0.29, 0.717) is 5.82 Å². The van der Waals surface area contributed by atoms with Crippen LogP contribution in [0.1, 0.15) is 21.5 Å². The number of ether oxygens (including phenoxy) is 1. The molecule has 2 aromatic carbocycles. The predicted molar refractivity (Wildman–Crippen MR) is 100.0 cm³/mol. The van der Waals surface area contributed by atoms with Crippen molar-refractivity contribution < 1.29 is 23.4 Å². The first-order valence-electron chi connectivity index (χ1n) is 8.98. The highest BCUT2D eigenvalue weighted by Crippen LogP contribution is 2.25. The van der Waals surface area contributed by atoms with Crippen molar-refractivity contribution in [2.75, 3.05) is 13.2 Å². The Morgan fingerprint density at radius 1 is 1.14 bits per heavy atom. The zero-order chi connectivity index (χ0) is 20.4. The Labute approximate surface area is 165 Å². The van der Waals surface area contributed by atoms with Gasteiger partial charge < -0.3 is 14.7 Å². The zero-order valence-electron chi connectivity index (χ0n) is 15.3. The van der Waals surface area contributed by atoms with Crippen LogP contribution >= 0.6 is 0 Å². The minimum atomic E-state index is -0.707. The van der Waals surface area contributed by atoms with Crippen LogP contribution in [0, 0.1) is 11.6 Å². The molecule has 0 spiro atoms. The first-order chi connectivity index (χ1) is 14.0. The molecule has 0 fully saturated rings. The average Bonchev–Trinajstić information content (AvgIpc) is 2.88. The fourth-order valence-corrected chi connectivity index (χ4v) is 3.05. The van der Waals surface area contributed by atoms with E-state index in [0.717, 1.165) is 23.3 Å². The zero-order valence-corrected chi connectivity index (χ0v) is 15.3. The highest BCUT2D eigenvalue weighted by molar-refractivity contribution is 5.96. The standard InChI is InChI=1S/C21H17F2N3O3/c22-16-6-5-15(18(23)9-16)11-26-7-8-29-20-17(21(26)28)10-24-19(25-20)14-3-1-13(12-27)2-4-14/h1-6,9-10,27H,7-8,11-12H2. The number of rotatable bonds is 4. The van der Waals surface area contributed by atoms with Crippen molar-refractivity contribution >= 4 is 5.91 Å². The normalized spacial score (nSPS) is 13.6. The van der Waals surface area contributed by atoms with Gasteiger partial charge in [-0.3, -0.25) is 4.79 Å². The molecule has 0 radical (unpaired) electrons. The van der Waals surface area contributed by atoms with Gasteiger partial charge in [0.1, 0.15) is 23.8 Å². The molecule has 1 aliphatic rings. The topological polar surface area (TPSA) is 75.5 Å². The van der Waals surface area contributed by atoms with Crippen LogP contribution in [0.3, 0.4) is 0 Å². The average molecular weight is 397 g/mol. The summed E-state index contributed by atoms with van der Waals surface area (Å²) in [6.45, 7) is 0.333. The fraction of sp³-hybridized carbons (Fsp3) is 0.190. The van der Waals surface area contributed by atoms with Crippen LogP contribution < -0.4 is 4.74 Å². The number of carbonyl (C=O) groups excluding carboxylic acids is 1. The number of aliphatic hydroxyl groups excluding tert-OH is 1. The lowest BCUT2D eigenvalue weighted by molar-refractivity contribution is 0.0741. The largest absolute Gasteiger partial charge is 0.475 e. The summed E-state index contributed by atoms with van der Waals surface area (Å²) in [6, 6.07) is 10.3. The summed E-state index contributed by atoms with van der Waals surface area (Å²) in [7, 11) is 0. The number of aromatic nitrogens is 2. The summed E-state index contributed by atoms with van der Waals surface area (Å²) in [6.07, 6.45) is 1.39. The molecule has 0 atom stereocenters. The number of nitrogens with zero attached hydrogens (tertiary/aromatic N) is 3. The number of benzene rings is 2. The van der Waals surface area contributed by atoms with E-state index >= 15 is 0 Å². The molecular weight excluding hydrogens is 380 g/mol. The maximum absolute atomic E-state index is 14.0. The van der Waals surface area contributed by atoms with Crippen LogP contribution in [0.25, 0.3) is 11.4 Å². The molecule has 0 saturated heterocycles. The van der Waals surface area contributed by atoms with Gasteiger partial charge in [0, 0.05) is 29.9 Å². The highest BCUT2D eigenvalue weighted by atomic mass is 19.1. The van der Waals surface area contributed by atoms with E-state index in [1.54, 1.807) is 24.3 Å². The van der Waals surface area contributed by atoms with E-state index in [-0.39, 0.29) is 49.2 Å². The fourth-order valence-electron chi connectivity index (χ4n) is 3.05. The van der Waals surface area contributed by atoms with Crippen LogP contribution in [-0.2, 0) is 13.2 Å². The SMILES string of the molecule is O=C1c2cnc(-c3ccc(CO)cc3)nc2OCCN1Cc1ccc(F)cc1F. The molecule has 6 nitrogen and oxygen atoms in total. The summed E-state index contributed by atoms with van der Waals surface area (Å²) in [5.41, 5.74) is 1.87. The molecule has 3 aromatic rings. The molecule has 1 aliphatic heterocycles. The minimum Gasteiger partial charge on any atom is -0.475 e. The van der Waals surface area contributed by atoms with Crippen LogP contribution in [0.5, 0.6) is 5.88 Å². The Morgan fingerprint density at radius 2 is 1.93 bits per heavy atom. The molecule has 29 heavy (non-hydrogen) atoms.